The van der Waals surface area contributed by atoms with E-state index in [1.54, 1.807) is 12.1 Å². The predicted molar refractivity (Wildman–Crippen MR) is 88.6 cm³/mol. The van der Waals surface area contributed by atoms with Crippen molar-refractivity contribution in [2.45, 2.75) is 0 Å². The van der Waals surface area contributed by atoms with Crippen molar-refractivity contribution >= 4 is 27.3 Å². The van der Waals surface area contributed by atoms with Crippen molar-refractivity contribution in [1.82, 2.24) is 10.2 Å². The van der Waals surface area contributed by atoms with Crippen LogP contribution in [0.25, 0.3) is 22.9 Å². The van der Waals surface area contributed by atoms with Gasteiger partial charge in [-0.2, -0.15) is 0 Å². The molecule has 8 heteroatoms. The fourth-order valence-corrected chi connectivity index (χ4v) is 2.81. The van der Waals surface area contributed by atoms with Crippen LogP contribution in [0.3, 0.4) is 0 Å². The smallest absolute Gasteiger partial charge is 0.249 e. The summed E-state index contributed by atoms with van der Waals surface area (Å²) < 4.78 is 30.4. The van der Waals surface area contributed by atoms with E-state index in [0.717, 1.165) is 11.8 Å². The van der Waals surface area contributed by atoms with Crippen LogP contribution in [0.4, 0.5) is 5.69 Å². The molecule has 0 aliphatic rings. The highest BCUT2D eigenvalue weighted by Gasteiger charge is 2.14. The molecule has 0 spiro atoms. The molecule has 6 nitrogen and oxygen atoms in total. The molecule has 3 rings (SSSR count). The van der Waals surface area contributed by atoms with E-state index >= 15 is 0 Å². The summed E-state index contributed by atoms with van der Waals surface area (Å²) >= 11 is 6.19. The number of hydrogen-bond acceptors (Lipinski definition) is 5. The first-order chi connectivity index (χ1) is 10.9. The van der Waals surface area contributed by atoms with E-state index in [1.807, 2.05) is 30.3 Å². The Morgan fingerprint density at radius 2 is 1.74 bits per heavy atom. The molecule has 0 unspecified atom stereocenters. The van der Waals surface area contributed by atoms with Crippen molar-refractivity contribution in [2.75, 3.05) is 11.0 Å². The summed E-state index contributed by atoms with van der Waals surface area (Å²) in [6.45, 7) is 0. The second-order valence-electron chi connectivity index (χ2n) is 4.85. The van der Waals surface area contributed by atoms with Gasteiger partial charge in [-0.3, -0.25) is 4.72 Å². The zero-order chi connectivity index (χ0) is 16.4. The number of nitrogens with zero attached hydrogens (tertiary/aromatic N) is 2. The summed E-state index contributed by atoms with van der Waals surface area (Å²) in [5, 5.41) is 8.29. The van der Waals surface area contributed by atoms with Crippen LogP contribution >= 0.6 is 11.6 Å². The lowest BCUT2D eigenvalue weighted by atomic mass is 10.2. The number of hydrogen-bond donors (Lipinski definition) is 1. The quantitative estimate of drug-likeness (QED) is 0.780. The molecule has 118 valence electrons. The van der Waals surface area contributed by atoms with Crippen LogP contribution < -0.4 is 4.72 Å². The molecule has 0 aliphatic heterocycles. The molecule has 0 atom stereocenters. The van der Waals surface area contributed by atoms with Gasteiger partial charge in [0.25, 0.3) is 0 Å². The van der Waals surface area contributed by atoms with Crippen molar-refractivity contribution in [2.24, 2.45) is 0 Å². The molecular weight excluding hydrogens is 338 g/mol. The number of halogens is 1. The Labute approximate surface area is 138 Å². The highest BCUT2D eigenvalue weighted by atomic mass is 35.5. The molecule has 0 radical (unpaired) electrons. The molecule has 0 bridgehead atoms. The molecule has 0 aliphatic carbocycles. The summed E-state index contributed by atoms with van der Waals surface area (Å²) in [6.07, 6.45) is 1.07. The van der Waals surface area contributed by atoms with Gasteiger partial charge in [-0.05, 0) is 30.3 Å². The van der Waals surface area contributed by atoms with Crippen molar-refractivity contribution in [3.05, 3.63) is 53.6 Å². The third-order valence-electron chi connectivity index (χ3n) is 2.95. The van der Waals surface area contributed by atoms with Gasteiger partial charge in [-0.15, -0.1) is 10.2 Å². The Morgan fingerprint density at radius 1 is 1.04 bits per heavy atom. The van der Waals surface area contributed by atoms with Crippen LogP contribution in [0, 0.1) is 0 Å². The Kier molecular flexibility index (Phi) is 4.06. The van der Waals surface area contributed by atoms with Gasteiger partial charge in [-0.1, -0.05) is 29.8 Å². The molecule has 3 aromatic rings. The van der Waals surface area contributed by atoms with E-state index in [2.05, 4.69) is 14.9 Å². The van der Waals surface area contributed by atoms with Crippen LogP contribution in [0.1, 0.15) is 0 Å². The maximum Gasteiger partial charge on any atom is 0.249 e. The number of nitrogens with one attached hydrogen (secondary N) is 1. The minimum atomic E-state index is -3.36. The minimum absolute atomic E-state index is 0.264. The third-order valence-corrected chi connectivity index (χ3v) is 3.87. The zero-order valence-corrected chi connectivity index (χ0v) is 13.6. The van der Waals surface area contributed by atoms with Gasteiger partial charge in [0.2, 0.25) is 21.8 Å². The molecule has 1 N–H and O–H groups in total. The summed E-state index contributed by atoms with van der Waals surface area (Å²) in [4.78, 5) is 0. The first-order valence-corrected chi connectivity index (χ1v) is 8.86. The molecule has 0 fully saturated rings. The second kappa shape index (κ2) is 6.02. The molecule has 0 amide bonds. The first-order valence-electron chi connectivity index (χ1n) is 6.59. The van der Waals surface area contributed by atoms with Gasteiger partial charge in [0.15, 0.2) is 0 Å². The fraction of sp³-hybridized carbons (Fsp3) is 0.0667. The van der Waals surface area contributed by atoms with Crippen molar-refractivity contribution in [3.8, 4) is 22.9 Å². The van der Waals surface area contributed by atoms with E-state index < -0.39 is 10.0 Å². The van der Waals surface area contributed by atoms with Crippen molar-refractivity contribution < 1.29 is 12.8 Å². The summed E-state index contributed by atoms with van der Waals surface area (Å²) in [5.74, 6) is 0.648. The van der Waals surface area contributed by atoms with Gasteiger partial charge < -0.3 is 4.42 Å². The highest BCUT2D eigenvalue weighted by Crippen LogP contribution is 2.31. The number of rotatable bonds is 4. The zero-order valence-electron chi connectivity index (χ0n) is 12.0. The van der Waals surface area contributed by atoms with E-state index in [4.69, 9.17) is 16.0 Å². The first kappa shape index (κ1) is 15.5. The maximum absolute atomic E-state index is 11.2. The van der Waals surface area contributed by atoms with Gasteiger partial charge in [-0.25, -0.2) is 8.42 Å². The van der Waals surface area contributed by atoms with Crippen LogP contribution in [-0.4, -0.2) is 24.9 Å². The molecule has 1 heterocycles. The lowest BCUT2D eigenvalue weighted by Crippen LogP contribution is -2.09. The molecule has 0 saturated carbocycles. The average molecular weight is 350 g/mol. The SMILES string of the molecule is CS(=O)(=O)Nc1ccc(-c2nnc(-c3ccccc3)o2)c(Cl)c1. The number of anilines is 1. The largest absolute Gasteiger partial charge is 0.416 e. The number of aromatic nitrogens is 2. The van der Waals surface area contributed by atoms with Crippen LogP contribution in [0.5, 0.6) is 0 Å². The minimum Gasteiger partial charge on any atom is -0.416 e. The van der Waals surface area contributed by atoms with Crippen molar-refractivity contribution in [3.63, 3.8) is 0 Å². The summed E-state index contributed by atoms with van der Waals surface area (Å²) in [7, 11) is -3.36. The molecular formula is C15H12ClN3O3S. The lowest BCUT2D eigenvalue weighted by Gasteiger charge is -2.05. The summed E-state index contributed by atoms with van der Waals surface area (Å²) in [6, 6.07) is 14.0. The van der Waals surface area contributed by atoms with Crippen molar-refractivity contribution in [1.29, 1.82) is 0 Å². The van der Waals surface area contributed by atoms with E-state index in [9.17, 15) is 8.42 Å². The summed E-state index contributed by atoms with van der Waals surface area (Å²) in [5.41, 5.74) is 1.70. The lowest BCUT2D eigenvalue weighted by molar-refractivity contribution is 0.584. The van der Waals surface area contributed by atoms with Gasteiger partial charge >= 0.3 is 0 Å². The Bertz CT molecular complexity index is 940. The topological polar surface area (TPSA) is 85.1 Å². The number of sulfonamides is 1. The Hall–Kier alpha value is -2.38. The van der Waals surface area contributed by atoms with Crippen LogP contribution in [0.2, 0.25) is 5.02 Å². The Morgan fingerprint density at radius 3 is 2.39 bits per heavy atom. The predicted octanol–water partition coefficient (Wildman–Crippen LogP) is 3.43. The molecule has 1 aromatic heterocycles. The van der Waals surface area contributed by atoms with E-state index in [-0.39, 0.29) is 5.89 Å². The van der Waals surface area contributed by atoms with Crippen LogP contribution in [0.15, 0.2) is 52.9 Å². The maximum atomic E-state index is 11.2. The average Bonchev–Trinajstić information content (AvgIpc) is 2.96. The van der Waals surface area contributed by atoms with Gasteiger partial charge in [0.1, 0.15) is 0 Å². The van der Waals surface area contributed by atoms with E-state index in [1.165, 1.54) is 6.07 Å². The standard InChI is InChI=1S/C15H12ClN3O3S/c1-23(20,21)19-11-7-8-12(13(16)9-11)15-18-17-14(22-15)10-5-3-2-4-6-10/h2-9,19H,1H3. The third kappa shape index (κ3) is 3.69. The highest BCUT2D eigenvalue weighted by molar-refractivity contribution is 7.92. The molecule has 0 saturated heterocycles. The molecule has 2 aromatic carbocycles. The normalized spacial score (nSPS) is 11.4. The van der Waals surface area contributed by atoms with Crippen LogP contribution in [-0.2, 0) is 10.0 Å². The fourth-order valence-electron chi connectivity index (χ4n) is 2.00. The second-order valence-corrected chi connectivity index (χ2v) is 7.00. The number of benzene rings is 2. The monoisotopic (exact) mass is 349 g/mol. The van der Waals surface area contributed by atoms with Gasteiger partial charge in [0.05, 0.1) is 16.8 Å². The molecule has 23 heavy (non-hydrogen) atoms. The van der Waals surface area contributed by atoms with E-state index in [0.29, 0.717) is 22.2 Å². The van der Waals surface area contributed by atoms with Gasteiger partial charge in [0, 0.05) is 11.3 Å². The Balaban J connectivity index is 1.92.